The number of halogens is 1. The van der Waals surface area contributed by atoms with Gasteiger partial charge in [0.15, 0.2) is 5.82 Å². The molecule has 52 heavy (non-hydrogen) atoms. The lowest BCUT2D eigenvalue weighted by Crippen LogP contribution is -2.48. The molecule has 7 rings (SSSR count). The van der Waals surface area contributed by atoms with Gasteiger partial charge in [0.05, 0.1) is 18.0 Å². The van der Waals surface area contributed by atoms with Gasteiger partial charge < -0.3 is 20.0 Å². The van der Waals surface area contributed by atoms with Crippen molar-refractivity contribution in [2.75, 3.05) is 34.7 Å². The van der Waals surface area contributed by atoms with Crippen molar-refractivity contribution in [1.29, 1.82) is 5.26 Å². The summed E-state index contributed by atoms with van der Waals surface area (Å²) in [5.74, 6) is 0.0570. The van der Waals surface area contributed by atoms with Crippen LogP contribution in [0.25, 0.3) is 0 Å². The first kappa shape index (κ1) is 34.9. The number of likely N-dealkylation sites (tertiary alicyclic amines) is 1. The van der Waals surface area contributed by atoms with Gasteiger partial charge in [-0.25, -0.2) is 4.39 Å². The van der Waals surface area contributed by atoms with Crippen molar-refractivity contribution in [1.82, 2.24) is 40.6 Å². The molecule has 1 aliphatic heterocycles. The number of hydrogen-bond acceptors (Lipinski definition) is 8. The number of nitrogens with zero attached hydrogens (tertiary/aromatic N) is 7. The third-order valence-electron chi connectivity index (χ3n) is 10.9. The number of aromatic amines is 1. The number of tetrazole rings is 1. The molecule has 268 valence electrons. The smallest absolute Gasteiger partial charge is 0.253 e. The number of piperidine rings is 1. The summed E-state index contributed by atoms with van der Waals surface area (Å²) in [6.07, 6.45) is 3.56. The second-order valence-electron chi connectivity index (χ2n) is 14.6. The number of amides is 3. The molecule has 3 aliphatic rings. The number of carbonyl (C=O) groups excluding carboxylic acids is 3. The summed E-state index contributed by atoms with van der Waals surface area (Å²) in [6.45, 7) is 0.00183. The van der Waals surface area contributed by atoms with E-state index >= 15 is 0 Å². The maximum atomic E-state index is 14.1. The molecule has 12 nitrogen and oxygen atoms in total. The van der Waals surface area contributed by atoms with Crippen LogP contribution in [0.5, 0.6) is 0 Å². The molecular weight excluding hydrogens is 661 g/mol. The Labute approximate surface area is 302 Å². The van der Waals surface area contributed by atoms with E-state index in [1.54, 1.807) is 55.0 Å². The van der Waals surface area contributed by atoms with Crippen LogP contribution in [-0.4, -0.2) is 106 Å². The molecule has 1 unspecified atom stereocenters. The molecule has 0 spiro atoms. The predicted molar refractivity (Wildman–Crippen MR) is 190 cm³/mol. The Kier molecular flexibility index (Phi) is 9.35. The van der Waals surface area contributed by atoms with Gasteiger partial charge in [0.2, 0.25) is 5.91 Å². The molecule has 2 aliphatic carbocycles. The lowest BCUT2D eigenvalue weighted by Gasteiger charge is -2.37. The maximum Gasteiger partial charge on any atom is 0.253 e. The first-order chi connectivity index (χ1) is 25.0. The van der Waals surface area contributed by atoms with Crippen molar-refractivity contribution in [3.8, 4) is 6.07 Å². The zero-order chi connectivity index (χ0) is 36.7. The van der Waals surface area contributed by atoms with Gasteiger partial charge >= 0.3 is 0 Å². The van der Waals surface area contributed by atoms with Crippen LogP contribution in [0.2, 0.25) is 0 Å². The Balaban J connectivity index is 1.37. The monoisotopic (exact) mass is 703 g/mol. The zero-order valence-corrected chi connectivity index (χ0v) is 29.8. The molecule has 3 aromatic carbocycles. The minimum Gasteiger partial charge on any atom is -0.345 e. The molecule has 4 atom stereocenters. The van der Waals surface area contributed by atoms with Crippen molar-refractivity contribution in [2.45, 2.75) is 62.1 Å². The van der Waals surface area contributed by atoms with Crippen LogP contribution in [0.4, 0.5) is 4.39 Å². The van der Waals surface area contributed by atoms with Gasteiger partial charge in [-0.2, -0.15) is 10.5 Å². The Morgan fingerprint density at radius 2 is 1.58 bits per heavy atom. The average molecular weight is 704 g/mol. The van der Waals surface area contributed by atoms with E-state index in [0.29, 0.717) is 55.0 Å². The minimum absolute atomic E-state index is 0.00183. The fraction of sp³-hybridized carbons (Fsp3) is 0.410. The molecule has 2 N–H and O–H groups in total. The Hall–Kier alpha value is -5.48. The second kappa shape index (κ2) is 13.9. The van der Waals surface area contributed by atoms with E-state index < -0.39 is 17.5 Å². The van der Waals surface area contributed by atoms with Crippen molar-refractivity contribution in [3.05, 3.63) is 111 Å². The largest absolute Gasteiger partial charge is 0.345 e. The topological polar surface area (TPSA) is 151 Å². The number of rotatable bonds is 10. The molecule has 1 saturated heterocycles. The highest BCUT2D eigenvalue weighted by atomic mass is 19.1. The van der Waals surface area contributed by atoms with E-state index in [-0.39, 0.29) is 36.1 Å². The normalized spacial score (nSPS) is 20.1. The lowest BCUT2D eigenvalue weighted by molar-refractivity contribution is -0.131. The van der Waals surface area contributed by atoms with Crippen LogP contribution in [0.1, 0.15) is 73.6 Å². The fourth-order valence-corrected chi connectivity index (χ4v) is 8.27. The molecule has 0 radical (unpaired) electrons. The molecule has 2 fully saturated rings. The number of nitriles is 1. The number of fused-ring (bicyclic) bond motifs is 3. The van der Waals surface area contributed by atoms with Gasteiger partial charge in [-0.3, -0.25) is 14.4 Å². The van der Waals surface area contributed by atoms with Crippen LogP contribution in [0, 0.1) is 23.1 Å². The van der Waals surface area contributed by atoms with Gasteiger partial charge in [-0.15, -0.1) is 10.2 Å². The van der Waals surface area contributed by atoms with Crippen molar-refractivity contribution >= 4 is 17.7 Å². The Bertz CT molecular complexity index is 1970. The standard InChI is InChI=1S/C39H42FN9O3/c1-47(2)36(51)26-9-13-32-24(16-26)7-8-25-17-27(37(52)48(3)4)10-14-33(25)39(32,38-43-45-46-44-38)20-30(15-23-5-11-29(40)12-6-23)42-22-35(50)49-31(21-41)18-28-19-34(28)49/h5-6,9-14,16-17,28,30-31,34,42H,7-8,15,18-20,22H2,1-4H3,(H,43,44,45,46)/t28-,30-,31?,34+/m1/s1. The molecule has 4 aromatic rings. The van der Waals surface area contributed by atoms with Gasteiger partial charge in [0.25, 0.3) is 11.8 Å². The average Bonchev–Trinajstić information content (AvgIpc) is 3.51. The summed E-state index contributed by atoms with van der Waals surface area (Å²) >= 11 is 0. The van der Waals surface area contributed by atoms with E-state index in [1.807, 2.05) is 36.4 Å². The lowest BCUT2D eigenvalue weighted by atomic mass is 9.67. The van der Waals surface area contributed by atoms with E-state index in [4.69, 9.17) is 0 Å². The van der Waals surface area contributed by atoms with E-state index in [1.165, 1.54) is 12.1 Å². The van der Waals surface area contributed by atoms with Gasteiger partial charge in [-0.05, 0) is 109 Å². The van der Waals surface area contributed by atoms with E-state index in [0.717, 1.165) is 34.2 Å². The minimum atomic E-state index is -1.06. The summed E-state index contributed by atoms with van der Waals surface area (Å²) in [5.41, 5.74) is 4.53. The summed E-state index contributed by atoms with van der Waals surface area (Å²) in [6, 6.07) is 19.3. The summed E-state index contributed by atoms with van der Waals surface area (Å²) in [4.78, 5) is 45.0. The first-order valence-electron chi connectivity index (χ1n) is 17.6. The van der Waals surface area contributed by atoms with Crippen LogP contribution in [0.3, 0.4) is 0 Å². The molecule has 1 aromatic heterocycles. The molecular formula is C39H42FN9O3. The Morgan fingerprint density at radius 3 is 2.12 bits per heavy atom. The summed E-state index contributed by atoms with van der Waals surface area (Å²) in [5, 5.41) is 29.2. The number of aromatic nitrogens is 4. The van der Waals surface area contributed by atoms with Crippen molar-refractivity contribution < 1.29 is 18.8 Å². The van der Waals surface area contributed by atoms with Gasteiger partial charge in [0.1, 0.15) is 11.9 Å². The van der Waals surface area contributed by atoms with Crippen molar-refractivity contribution in [3.63, 3.8) is 0 Å². The Morgan fingerprint density at radius 1 is 0.962 bits per heavy atom. The predicted octanol–water partition coefficient (Wildman–Crippen LogP) is 3.28. The highest BCUT2D eigenvalue weighted by molar-refractivity contribution is 5.95. The number of H-pyrrole nitrogens is 1. The highest BCUT2D eigenvalue weighted by Crippen LogP contribution is 2.49. The molecule has 2 heterocycles. The summed E-state index contributed by atoms with van der Waals surface area (Å²) < 4.78 is 14.1. The zero-order valence-electron chi connectivity index (χ0n) is 29.8. The SMILES string of the molecule is CN(C)C(=O)c1ccc2c(c1)CCc1cc(C(=O)N(C)C)ccc1C2(C[C@@H](Cc1ccc(F)cc1)NCC(=O)N1C(C#N)C[C@@H]2C[C@@H]21)c1nn[nH]n1. The van der Waals surface area contributed by atoms with Crippen LogP contribution in [0.15, 0.2) is 60.7 Å². The third-order valence-corrected chi connectivity index (χ3v) is 10.9. The number of carbonyl (C=O) groups is 3. The van der Waals surface area contributed by atoms with Crippen LogP contribution < -0.4 is 5.32 Å². The van der Waals surface area contributed by atoms with Gasteiger partial charge in [0, 0.05) is 51.4 Å². The van der Waals surface area contributed by atoms with E-state index in [2.05, 4.69) is 32.0 Å². The maximum absolute atomic E-state index is 14.1. The third kappa shape index (κ3) is 6.43. The fourth-order valence-electron chi connectivity index (χ4n) is 8.27. The highest BCUT2D eigenvalue weighted by Gasteiger charge is 2.54. The van der Waals surface area contributed by atoms with Gasteiger partial charge in [-0.1, -0.05) is 29.5 Å². The molecule has 1 saturated carbocycles. The van der Waals surface area contributed by atoms with E-state index in [9.17, 15) is 24.0 Å². The molecule has 0 bridgehead atoms. The van der Waals surface area contributed by atoms with Crippen molar-refractivity contribution in [2.24, 2.45) is 5.92 Å². The number of aryl methyl sites for hydroxylation is 2. The second-order valence-corrected chi connectivity index (χ2v) is 14.6. The summed E-state index contributed by atoms with van der Waals surface area (Å²) in [7, 11) is 6.87. The first-order valence-corrected chi connectivity index (χ1v) is 17.6. The number of nitrogens with one attached hydrogen (secondary N) is 2. The quantitative estimate of drug-likeness (QED) is 0.256. The molecule has 13 heteroatoms. The van der Waals surface area contributed by atoms with Crippen LogP contribution in [-0.2, 0) is 29.5 Å². The van der Waals surface area contributed by atoms with Crippen LogP contribution >= 0.6 is 0 Å². The number of hydrogen-bond donors (Lipinski definition) is 2. The number of benzene rings is 3. The molecule has 3 amide bonds.